The monoisotopic (exact) mass is 350 g/mol. The summed E-state index contributed by atoms with van der Waals surface area (Å²) in [7, 11) is 0. The molecule has 4 rings (SSSR count). The van der Waals surface area contributed by atoms with Crippen molar-refractivity contribution in [2.45, 2.75) is 25.9 Å². The second-order valence-corrected chi connectivity index (χ2v) is 6.84. The van der Waals surface area contributed by atoms with Crippen LogP contribution >= 0.6 is 0 Å². The van der Waals surface area contributed by atoms with Crippen LogP contribution < -0.4 is 11.2 Å². The highest BCUT2D eigenvalue weighted by Crippen LogP contribution is 2.18. The average Bonchev–Trinajstić information content (AvgIpc) is 2.70. The van der Waals surface area contributed by atoms with E-state index in [1.165, 1.54) is 4.57 Å². The van der Waals surface area contributed by atoms with E-state index in [1.807, 2.05) is 48.5 Å². The summed E-state index contributed by atoms with van der Waals surface area (Å²) in [5, 5.41) is 0.593. The number of ether oxygens (including phenoxy) is 1. The van der Waals surface area contributed by atoms with Crippen LogP contribution in [-0.4, -0.2) is 22.3 Å². The van der Waals surface area contributed by atoms with E-state index in [0.29, 0.717) is 17.8 Å². The Morgan fingerprint density at radius 1 is 0.885 bits per heavy atom. The number of hydrogen-bond acceptors (Lipinski definition) is 3. The molecule has 2 aromatic carbocycles. The van der Waals surface area contributed by atoms with Crippen LogP contribution in [0.3, 0.4) is 0 Å². The summed E-state index contributed by atoms with van der Waals surface area (Å²) in [6.07, 6.45) is 1.89. The highest BCUT2D eigenvalue weighted by atomic mass is 16.5. The summed E-state index contributed by atoms with van der Waals surface area (Å²) in [6, 6.07) is 17.0. The molecule has 0 bridgehead atoms. The van der Waals surface area contributed by atoms with Crippen LogP contribution in [0.2, 0.25) is 0 Å². The highest BCUT2D eigenvalue weighted by Gasteiger charge is 2.19. The quantitative estimate of drug-likeness (QED) is 0.727. The van der Waals surface area contributed by atoms with Crippen molar-refractivity contribution in [3.63, 3.8) is 0 Å². The molecule has 26 heavy (non-hydrogen) atoms. The van der Waals surface area contributed by atoms with E-state index >= 15 is 0 Å². The zero-order chi connectivity index (χ0) is 17.9. The van der Waals surface area contributed by atoms with E-state index in [4.69, 9.17) is 4.74 Å². The normalized spacial score (nSPS) is 15.4. The molecule has 0 radical (unpaired) electrons. The Morgan fingerprint density at radius 2 is 1.58 bits per heavy atom. The van der Waals surface area contributed by atoms with Gasteiger partial charge in [0.25, 0.3) is 5.56 Å². The number of aromatic nitrogens is 2. The van der Waals surface area contributed by atoms with Crippen LogP contribution in [-0.2, 0) is 17.8 Å². The van der Waals surface area contributed by atoms with Crippen LogP contribution in [0.1, 0.15) is 18.4 Å². The van der Waals surface area contributed by atoms with Crippen molar-refractivity contribution >= 4 is 10.9 Å². The van der Waals surface area contributed by atoms with Crippen molar-refractivity contribution < 1.29 is 4.74 Å². The molecule has 0 atom stereocenters. The van der Waals surface area contributed by atoms with E-state index in [-0.39, 0.29) is 17.8 Å². The highest BCUT2D eigenvalue weighted by molar-refractivity contribution is 5.77. The Balaban J connectivity index is 1.84. The molecule has 0 saturated carbocycles. The van der Waals surface area contributed by atoms with Gasteiger partial charge in [-0.2, -0.15) is 0 Å². The molecule has 1 saturated heterocycles. The van der Waals surface area contributed by atoms with Crippen molar-refractivity contribution in [3.05, 3.63) is 81.0 Å². The number of fused-ring (bicyclic) bond motifs is 1. The summed E-state index contributed by atoms with van der Waals surface area (Å²) in [5.74, 6) is 0.396. The van der Waals surface area contributed by atoms with Gasteiger partial charge in [-0.1, -0.05) is 42.5 Å². The summed E-state index contributed by atoms with van der Waals surface area (Å²) in [4.78, 5) is 26.1. The zero-order valence-corrected chi connectivity index (χ0v) is 14.6. The predicted molar refractivity (Wildman–Crippen MR) is 102 cm³/mol. The molecule has 0 unspecified atom stereocenters. The summed E-state index contributed by atoms with van der Waals surface area (Å²) in [6.45, 7) is 2.39. The molecule has 5 heteroatoms. The van der Waals surface area contributed by atoms with Crippen molar-refractivity contribution in [3.8, 4) is 0 Å². The second-order valence-electron chi connectivity index (χ2n) is 6.84. The molecule has 3 aromatic rings. The maximum atomic E-state index is 13.2. The molecule has 5 nitrogen and oxygen atoms in total. The molecule has 1 aliphatic heterocycles. The van der Waals surface area contributed by atoms with Crippen LogP contribution in [0.25, 0.3) is 10.9 Å². The van der Waals surface area contributed by atoms with E-state index in [2.05, 4.69) is 0 Å². The van der Waals surface area contributed by atoms with Gasteiger partial charge in [-0.3, -0.25) is 13.9 Å². The van der Waals surface area contributed by atoms with Gasteiger partial charge in [0.2, 0.25) is 0 Å². The number of hydrogen-bond donors (Lipinski definition) is 0. The smallest absolute Gasteiger partial charge is 0.331 e. The maximum Gasteiger partial charge on any atom is 0.331 e. The Labute approximate surface area is 151 Å². The molecule has 1 fully saturated rings. The fraction of sp³-hybridized carbons (Fsp3) is 0.333. The SMILES string of the molecule is O=c1c2ccccc2n(CC2CCOCC2)c(=O)n1Cc1ccccc1. The number of rotatable bonds is 4. The molecule has 0 N–H and O–H groups in total. The minimum atomic E-state index is -0.232. The molecule has 0 aliphatic carbocycles. The van der Waals surface area contributed by atoms with Gasteiger partial charge < -0.3 is 4.74 Å². The molecule has 134 valence electrons. The van der Waals surface area contributed by atoms with Crippen molar-refractivity contribution in [1.82, 2.24) is 9.13 Å². The van der Waals surface area contributed by atoms with E-state index < -0.39 is 0 Å². The van der Waals surface area contributed by atoms with Crippen molar-refractivity contribution in [2.75, 3.05) is 13.2 Å². The third kappa shape index (κ3) is 3.22. The van der Waals surface area contributed by atoms with Crippen LogP contribution in [0.15, 0.2) is 64.2 Å². The molecule has 0 spiro atoms. The zero-order valence-electron chi connectivity index (χ0n) is 14.6. The summed E-state index contributed by atoms with van der Waals surface area (Å²) in [5.41, 5.74) is 1.21. The van der Waals surface area contributed by atoms with Gasteiger partial charge in [0, 0.05) is 19.8 Å². The predicted octanol–water partition coefficient (Wildman–Crippen LogP) is 2.64. The standard InChI is InChI=1S/C21H22N2O3/c24-20-18-8-4-5-9-19(18)22(14-17-10-12-26-13-11-17)21(25)23(20)15-16-6-2-1-3-7-16/h1-9,17H,10-15H2. The molecule has 1 aliphatic rings. The number of benzene rings is 2. The minimum absolute atomic E-state index is 0.224. The average molecular weight is 350 g/mol. The first-order chi connectivity index (χ1) is 12.7. The van der Waals surface area contributed by atoms with Crippen LogP contribution in [0.5, 0.6) is 0 Å². The van der Waals surface area contributed by atoms with E-state index in [0.717, 1.165) is 37.1 Å². The molecule has 0 amide bonds. The lowest BCUT2D eigenvalue weighted by Gasteiger charge is -2.24. The summed E-state index contributed by atoms with van der Waals surface area (Å²) >= 11 is 0. The second kappa shape index (κ2) is 7.30. The lowest BCUT2D eigenvalue weighted by molar-refractivity contribution is 0.0611. The lowest BCUT2D eigenvalue weighted by Crippen LogP contribution is -2.41. The van der Waals surface area contributed by atoms with Crippen LogP contribution in [0.4, 0.5) is 0 Å². The van der Waals surface area contributed by atoms with E-state index in [1.54, 1.807) is 10.6 Å². The number of para-hydroxylation sites is 1. The van der Waals surface area contributed by atoms with Crippen molar-refractivity contribution in [1.29, 1.82) is 0 Å². The Kier molecular flexibility index (Phi) is 4.71. The largest absolute Gasteiger partial charge is 0.381 e. The third-order valence-electron chi connectivity index (χ3n) is 5.10. The van der Waals surface area contributed by atoms with Gasteiger partial charge in [0.05, 0.1) is 17.4 Å². The topological polar surface area (TPSA) is 53.2 Å². The molecular formula is C21H22N2O3. The summed E-state index contributed by atoms with van der Waals surface area (Å²) < 4.78 is 8.57. The van der Waals surface area contributed by atoms with Gasteiger partial charge in [-0.15, -0.1) is 0 Å². The molecule has 2 heterocycles. The first-order valence-electron chi connectivity index (χ1n) is 9.08. The maximum absolute atomic E-state index is 13.2. The lowest BCUT2D eigenvalue weighted by atomic mass is 10.00. The minimum Gasteiger partial charge on any atom is -0.381 e. The van der Waals surface area contributed by atoms with Gasteiger partial charge in [-0.05, 0) is 36.5 Å². The molecular weight excluding hydrogens is 328 g/mol. The van der Waals surface area contributed by atoms with Gasteiger partial charge in [-0.25, -0.2) is 4.79 Å². The number of nitrogens with zero attached hydrogens (tertiary/aromatic N) is 2. The van der Waals surface area contributed by atoms with Gasteiger partial charge in [0.15, 0.2) is 0 Å². The fourth-order valence-electron chi connectivity index (χ4n) is 3.64. The van der Waals surface area contributed by atoms with Crippen molar-refractivity contribution in [2.24, 2.45) is 5.92 Å². The Hall–Kier alpha value is -2.66. The third-order valence-corrected chi connectivity index (χ3v) is 5.10. The van der Waals surface area contributed by atoms with E-state index in [9.17, 15) is 9.59 Å². The Bertz CT molecular complexity index is 1010. The van der Waals surface area contributed by atoms with Gasteiger partial charge >= 0.3 is 5.69 Å². The Morgan fingerprint density at radius 3 is 2.35 bits per heavy atom. The fourth-order valence-corrected chi connectivity index (χ4v) is 3.64. The molecule has 1 aromatic heterocycles. The van der Waals surface area contributed by atoms with Crippen LogP contribution in [0, 0.1) is 5.92 Å². The first kappa shape index (κ1) is 16.8. The first-order valence-corrected chi connectivity index (χ1v) is 9.08. The van der Waals surface area contributed by atoms with Gasteiger partial charge in [0.1, 0.15) is 0 Å².